The van der Waals surface area contributed by atoms with Crippen molar-refractivity contribution in [3.63, 3.8) is 0 Å². The Hall–Kier alpha value is -3.07. The molecule has 2 aromatic rings. The highest BCUT2D eigenvalue weighted by Crippen LogP contribution is 2.35. The number of anilines is 1. The topological polar surface area (TPSA) is 97.3 Å². The maximum absolute atomic E-state index is 12.7. The van der Waals surface area contributed by atoms with Gasteiger partial charge in [-0.1, -0.05) is 12.1 Å². The fraction of sp³-hybridized carbons (Fsp3) is 0.300. The summed E-state index contributed by atoms with van der Waals surface area (Å²) >= 11 is 0. The summed E-state index contributed by atoms with van der Waals surface area (Å²) in [4.78, 5) is 14.9. The van der Waals surface area contributed by atoms with Gasteiger partial charge in [0.25, 0.3) is 10.0 Å². The molecule has 0 radical (unpaired) electrons. The van der Waals surface area contributed by atoms with E-state index in [1.807, 2.05) is 4.90 Å². The number of rotatable bonds is 2. The molecule has 3 aliphatic heterocycles. The number of nitrogens with one attached hydrogen (secondary N) is 1. The Morgan fingerprint density at radius 2 is 1.83 bits per heavy atom. The van der Waals surface area contributed by atoms with Crippen molar-refractivity contribution in [1.82, 2.24) is 4.90 Å². The van der Waals surface area contributed by atoms with Crippen molar-refractivity contribution >= 4 is 27.5 Å². The van der Waals surface area contributed by atoms with Crippen LogP contribution in [0.3, 0.4) is 0 Å². The van der Waals surface area contributed by atoms with E-state index in [0.717, 1.165) is 0 Å². The Bertz CT molecular complexity index is 1120. The van der Waals surface area contributed by atoms with Crippen LogP contribution in [-0.4, -0.2) is 44.9 Å². The van der Waals surface area contributed by atoms with Gasteiger partial charge in [0.05, 0.1) is 0 Å². The van der Waals surface area contributed by atoms with Gasteiger partial charge in [0, 0.05) is 36.3 Å². The molecular formula is C20H19N3O5S. The number of carbonyl (C=O) groups excluding carboxylic acids is 1. The first-order valence-corrected chi connectivity index (χ1v) is 10.9. The smallest absolute Gasteiger partial charge is 0.285 e. The lowest BCUT2D eigenvalue weighted by molar-refractivity contribution is -0.120. The Morgan fingerprint density at radius 3 is 2.66 bits per heavy atom. The number of benzene rings is 2. The summed E-state index contributed by atoms with van der Waals surface area (Å²) in [5.74, 6) is 1.58. The summed E-state index contributed by atoms with van der Waals surface area (Å²) in [6, 6.07) is 12.2. The molecule has 0 spiro atoms. The predicted octanol–water partition coefficient (Wildman–Crippen LogP) is 2.21. The number of likely N-dealkylation sites (tertiary alicyclic amines) is 1. The third kappa shape index (κ3) is 3.21. The van der Waals surface area contributed by atoms with Crippen LogP contribution in [0.4, 0.5) is 5.69 Å². The molecule has 3 aliphatic rings. The van der Waals surface area contributed by atoms with Gasteiger partial charge < -0.3 is 19.7 Å². The molecule has 2 aromatic carbocycles. The number of fused-ring (bicyclic) bond motifs is 2. The van der Waals surface area contributed by atoms with Crippen LogP contribution in [0.5, 0.6) is 11.5 Å². The van der Waals surface area contributed by atoms with Crippen LogP contribution in [-0.2, 0) is 14.8 Å². The molecule has 0 saturated carbocycles. The summed E-state index contributed by atoms with van der Waals surface area (Å²) in [5.41, 5.74) is 1.30. The number of hydrogen-bond donors (Lipinski definition) is 1. The molecule has 150 valence electrons. The molecule has 0 aromatic heterocycles. The minimum atomic E-state index is -3.63. The molecule has 8 nitrogen and oxygen atoms in total. The van der Waals surface area contributed by atoms with Gasteiger partial charge in [-0.2, -0.15) is 8.42 Å². The molecule has 9 heteroatoms. The summed E-state index contributed by atoms with van der Waals surface area (Å²) in [6.45, 7) is 1.33. The van der Waals surface area contributed by atoms with Crippen molar-refractivity contribution in [1.29, 1.82) is 0 Å². The van der Waals surface area contributed by atoms with Gasteiger partial charge in [0.1, 0.15) is 4.90 Å². The van der Waals surface area contributed by atoms with Crippen LogP contribution in [0, 0.1) is 5.92 Å². The summed E-state index contributed by atoms with van der Waals surface area (Å²) < 4.78 is 39.1. The Balaban J connectivity index is 1.25. The zero-order valence-electron chi connectivity index (χ0n) is 15.5. The molecule has 0 unspecified atom stereocenters. The third-order valence-corrected chi connectivity index (χ3v) is 6.74. The molecule has 1 saturated heterocycles. The molecule has 0 atom stereocenters. The van der Waals surface area contributed by atoms with E-state index in [2.05, 4.69) is 9.71 Å². The first kappa shape index (κ1) is 18.0. The lowest BCUT2D eigenvalue weighted by Gasteiger charge is -2.32. The maximum atomic E-state index is 12.7. The monoisotopic (exact) mass is 413 g/mol. The first-order valence-electron chi connectivity index (χ1n) is 9.41. The molecule has 0 bridgehead atoms. The Labute approximate surface area is 168 Å². The summed E-state index contributed by atoms with van der Waals surface area (Å²) in [5, 5.41) is 2.94. The van der Waals surface area contributed by atoms with Crippen molar-refractivity contribution < 1.29 is 22.7 Å². The van der Waals surface area contributed by atoms with Gasteiger partial charge in [0.2, 0.25) is 12.7 Å². The van der Waals surface area contributed by atoms with Crippen molar-refractivity contribution in [3.05, 3.63) is 48.0 Å². The third-order valence-electron chi connectivity index (χ3n) is 5.42. The second-order valence-electron chi connectivity index (χ2n) is 7.20. The number of amidine groups is 1. The highest BCUT2D eigenvalue weighted by atomic mass is 32.2. The Morgan fingerprint density at radius 1 is 1.07 bits per heavy atom. The number of nitrogens with zero attached hydrogens (tertiary/aromatic N) is 2. The first-order chi connectivity index (χ1) is 14.0. The van der Waals surface area contributed by atoms with E-state index in [0.29, 0.717) is 54.5 Å². The second kappa shape index (κ2) is 6.77. The SMILES string of the molecule is O=C(Nc1ccc2c(c1)OCO2)C1CCN(C2=NS(=O)(=O)c3ccccc32)CC1. The van der Waals surface area contributed by atoms with Gasteiger partial charge in [-0.25, -0.2) is 0 Å². The highest BCUT2D eigenvalue weighted by molar-refractivity contribution is 7.90. The van der Waals surface area contributed by atoms with E-state index in [4.69, 9.17) is 9.47 Å². The molecule has 1 N–H and O–H groups in total. The minimum Gasteiger partial charge on any atom is -0.454 e. The van der Waals surface area contributed by atoms with Crippen LogP contribution in [0.1, 0.15) is 18.4 Å². The molecule has 5 rings (SSSR count). The van der Waals surface area contributed by atoms with Crippen LogP contribution >= 0.6 is 0 Å². The van der Waals surface area contributed by atoms with E-state index in [1.165, 1.54) is 0 Å². The van der Waals surface area contributed by atoms with E-state index in [9.17, 15) is 13.2 Å². The summed E-state index contributed by atoms with van der Waals surface area (Å²) in [6.07, 6.45) is 1.25. The molecule has 3 heterocycles. The minimum absolute atomic E-state index is 0.0510. The van der Waals surface area contributed by atoms with Crippen LogP contribution < -0.4 is 14.8 Å². The van der Waals surface area contributed by atoms with Crippen molar-refractivity contribution in [2.75, 3.05) is 25.2 Å². The Kier molecular flexibility index (Phi) is 4.20. The van der Waals surface area contributed by atoms with Gasteiger partial charge in [-0.15, -0.1) is 4.40 Å². The summed E-state index contributed by atoms with van der Waals surface area (Å²) in [7, 11) is -3.63. The average molecular weight is 413 g/mol. The van der Waals surface area contributed by atoms with Crippen LogP contribution in [0.15, 0.2) is 51.8 Å². The predicted molar refractivity (Wildman–Crippen MR) is 106 cm³/mol. The lowest BCUT2D eigenvalue weighted by Crippen LogP contribution is -2.41. The van der Waals surface area contributed by atoms with E-state index in [-0.39, 0.29) is 23.5 Å². The lowest BCUT2D eigenvalue weighted by atomic mass is 9.95. The molecule has 0 aliphatic carbocycles. The molecule has 1 amide bonds. The number of hydrogen-bond acceptors (Lipinski definition) is 6. The molecular weight excluding hydrogens is 394 g/mol. The zero-order chi connectivity index (χ0) is 20.0. The van der Waals surface area contributed by atoms with Crippen molar-refractivity contribution in [3.8, 4) is 11.5 Å². The quantitative estimate of drug-likeness (QED) is 0.811. The van der Waals surface area contributed by atoms with Gasteiger partial charge >= 0.3 is 0 Å². The van der Waals surface area contributed by atoms with Crippen molar-refractivity contribution in [2.45, 2.75) is 17.7 Å². The van der Waals surface area contributed by atoms with Crippen LogP contribution in [0.25, 0.3) is 0 Å². The largest absolute Gasteiger partial charge is 0.454 e. The fourth-order valence-corrected chi connectivity index (χ4v) is 5.12. The van der Waals surface area contributed by atoms with Crippen LogP contribution in [0.2, 0.25) is 0 Å². The normalized spacial score (nSPS) is 19.6. The highest BCUT2D eigenvalue weighted by Gasteiger charge is 2.34. The van der Waals surface area contributed by atoms with Gasteiger partial charge in [-0.3, -0.25) is 4.79 Å². The molecule has 1 fully saturated rings. The molecule has 29 heavy (non-hydrogen) atoms. The number of amides is 1. The number of carbonyl (C=O) groups is 1. The maximum Gasteiger partial charge on any atom is 0.285 e. The number of sulfonamides is 1. The number of ether oxygens (including phenoxy) is 2. The standard InChI is InChI=1S/C20H19N3O5S/c24-20(21-14-5-6-16-17(11-14)28-12-27-16)13-7-9-23(10-8-13)19-15-3-1-2-4-18(15)29(25,26)22-19/h1-6,11,13H,7-10,12H2,(H,21,24). The van der Waals surface area contributed by atoms with Crippen molar-refractivity contribution in [2.24, 2.45) is 10.3 Å². The fourth-order valence-electron chi connectivity index (χ4n) is 3.89. The van der Waals surface area contributed by atoms with Gasteiger partial charge in [-0.05, 0) is 37.1 Å². The van der Waals surface area contributed by atoms with E-state index in [1.54, 1.807) is 42.5 Å². The van der Waals surface area contributed by atoms with E-state index < -0.39 is 10.0 Å². The number of piperidine rings is 1. The average Bonchev–Trinajstić information content (AvgIpc) is 3.30. The van der Waals surface area contributed by atoms with Gasteiger partial charge in [0.15, 0.2) is 17.3 Å². The zero-order valence-corrected chi connectivity index (χ0v) is 16.3. The van der Waals surface area contributed by atoms with E-state index >= 15 is 0 Å². The second-order valence-corrected chi connectivity index (χ2v) is 8.78.